The Labute approximate surface area is 280 Å². The van der Waals surface area contributed by atoms with Crippen molar-refractivity contribution < 1.29 is 9.90 Å². The number of nitriles is 1. The van der Waals surface area contributed by atoms with Gasteiger partial charge in [0.2, 0.25) is 0 Å². The molecule has 4 heteroatoms. The predicted octanol–water partition coefficient (Wildman–Crippen LogP) is 11.6. The van der Waals surface area contributed by atoms with Crippen molar-refractivity contribution >= 4 is 73.6 Å². The fourth-order valence-electron chi connectivity index (χ4n) is 6.44. The molecule has 0 amide bonds. The number of carboxylic acid groups (broad SMARTS) is 1. The minimum atomic E-state index is -1.23. The number of unbranched alkanes of at least 4 members (excludes halogenated alkanes) is 1. The molecule has 48 heavy (non-hydrogen) atoms. The Morgan fingerprint density at radius 2 is 1.17 bits per heavy atom. The molecule has 0 saturated carbocycles. The smallest absolute Gasteiger partial charge is 0.346 e. The summed E-state index contributed by atoms with van der Waals surface area (Å²) in [7, 11) is 0. The molecule has 1 N–H and O–H groups in total. The largest absolute Gasteiger partial charge is 0.477 e. The standard InChI is InChI=1S/C44H34N2O2/c1-2-3-5-30-14-22-39(23-15-30)46(41-27-36-20-18-34-6-4-7-35-19-21-37(28-41)43(36)42(34)35)40-24-16-32(17-25-40)9-8-31-10-12-33(13-11-31)26-38(29-45)44(47)48/h4,6-28H,2-3,5H2,1H3,(H,47,48). The first-order valence-corrected chi connectivity index (χ1v) is 16.3. The molecule has 0 fully saturated rings. The fraction of sp³-hybridized carbons (Fsp3) is 0.0909. The molecule has 0 aromatic heterocycles. The van der Waals surface area contributed by atoms with Crippen molar-refractivity contribution in [3.05, 3.63) is 155 Å². The van der Waals surface area contributed by atoms with Crippen molar-refractivity contribution in [2.24, 2.45) is 0 Å². The van der Waals surface area contributed by atoms with Gasteiger partial charge in [0.1, 0.15) is 11.6 Å². The van der Waals surface area contributed by atoms with Gasteiger partial charge in [0, 0.05) is 17.1 Å². The summed E-state index contributed by atoms with van der Waals surface area (Å²) < 4.78 is 0. The van der Waals surface area contributed by atoms with Gasteiger partial charge in [-0.25, -0.2) is 4.79 Å². The highest BCUT2D eigenvalue weighted by atomic mass is 16.4. The number of anilines is 3. The lowest BCUT2D eigenvalue weighted by atomic mass is 9.93. The van der Waals surface area contributed by atoms with E-state index in [4.69, 9.17) is 10.4 Å². The van der Waals surface area contributed by atoms with E-state index in [0.29, 0.717) is 5.56 Å². The lowest BCUT2D eigenvalue weighted by Gasteiger charge is -2.27. The third kappa shape index (κ3) is 6.15. The van der Waals surface area contributed by atoms with Crippen LogP contribution in [0.5, 0.6) is 0 Å². The van der Waals surface area contributed by atoms with Crippen LogP contribution in [0, 0.1) is 11.3 Å². The SMILES string of the molecule is CCCCc1ccc(N(c2ccc(C=Cc3ccc(C=C(C#N)C(=O)O)cc3)cc2)c2cc3ccc4cccc5ccc(c2)c3c45)cc1. The van der Waals surface area contributed by atoms with Crippen LogP contribution in [0.2, 0.25) is 0 Å². The number of carbonyl (C=O) groups is 1. The molecule has 0 aliphatic heterocycles. The Morgan fingerprint density at radius 3 is 1.71 bits per heavy atom. The summed E-state index contributed by atoms with van der Waals surface area (Å²) in [5, 5.41) is 25.8. The van der Waals surface area contributed by atoms with Gasteiger partial charge in [0.15, 0.2) is 0 Å². The maximum absolute atomic E-state index is 11.2. The number of aliphatic carboxylic acids is 1. The molecular formula is C44H34N2O2. The van der Waals surface area contributed by atoms with Gasteiger partial charge in [0.25, 0.3) is 0 Å². The molecule has 0 aliphatic rings. The van der Waals surface area contributed by atoms with Crippen LogP contribution in [0.25, 0.3) is 50.5 Å². The second-order valence-electron chi connectivity index (χ2n) is 12.1. The van der Waals surface area contributed by atoms with E-state index in [1.165, 1.54) is 56.8 Å². The summed E-state index contributed by atoms with van der Waals surface area (Å²) in [4.78, 5) is 13.5. The van der Waals surface area contributed by atoms with Crippen LogP contribution in [0.1, 0.15) is 42.0 Å². The zero-order valence-electron chi connectivity index (χ0n) is 26.7. The predicted molar refractivity (Wildman–Crippen MR) is 200 cm³/mol. The van der Waals surface area contributed by atoms with Crippen molar-refractivity contribution in [3.63, 3.8) is 0 Å². The number of aryl methyl sites for hydroxylation is 1. The number of benzene rings is 7. The molecule has 0 bridgehead atoms. The van der Waals surface area contributed by atoms with Crippen LogP contribution in [-0.2, 0) is 11.2 Å². The van der Waals surface area contributed by atoms with Crippen LogP contribution in [0.4, 0.5) is 17.1 Å². The highest BCUT2D eigenvalue weighted by molar-refractivity contribution is 6.23. The lowest BCUT2D eigenvalue weighted by Crippen LogP contribution is -2.10. The molecule has 232 valence electrons. The van der Waals surface area contributed by atoms with Gasteiger partial charge < -0.3 is 10.0 Å². The van der Waals surface area contributed by atoms with Gasteiger partial charge in [-0.3, -0.25) is 0 Å². The van der Waals surface area contributed by atoms with Crippen molar-refractivity contribution in [2.75, 3.05) is 4.90 Å². The summed E-state index contributed by atoms with van der Waals surface area (Å²) in [5.41, 5.74) is 7.07. The first-order chi connectivity index (χ1) is 23.5. The summed E-state index contributed by atoms with van der Waals surface area (Å²) in [6.07, 6.45) is 8.91. The number of carboxylic acids is 1. The quantitative estimate of drug-likeness (QED) is 0.0713. The summed E-state index contributed by atoms with van der Waals surface area (Å²) in [5.74, 6) is -1.23. The first kappa shape index (κ1) is 30.5. The molecule has 7 aromatic carbocycles. The highest BCUT2D eigenvalue weighted by Crippen LogP contribution is 2.41. The van der Waals surface area contributed by atoms with E-state index in [0.717, 1.165) is 34.6 Å². The zero-order chi connectivity index (χ0) is 33.0. The monoisotopic (exact) mass is 622 g/mol. The molecule has 0 aliphatic carbocycles. The van der Waals surface area contributed by atoms with Crippen molar-refractivity contribution in [1.29, 1.82) is 5.26 Å². The van der Waals surface area contributed by atoms with E-state index < -0.39 is 5.97 Å². The van der Waals surface area contributed by atoms with Gasteiger partial charge in [0.05, 0.1) is 0 Å². The van der Waals surface area contributed by atoms with Crippen molar-refractivity contribution in [3.8, 4) is 6.07 Å². The average Bonchev–Trinajstić information content (AvgIpc) is 3.12. The molecule has 0 spiro atoms. The zero-order valence-corrected chi connectivity index (χ0v) is 26.7. The van der Waals surface area contributed by atoms with Crippen LogP contribution in [-0.4, -0.2) is 11.1 Å². The van der Waals surface area contributed by atoms with E-state index in [9.17, 15) is 4.79 Å². The van der Waals surface area contributed by atoms with Gasteiger partial charge in [-0.1, -0.05) is 116 Å². The van der Waals surface area contributed by atoms with E-state index in [1.807, 2.05) is 30.3 Å². The normalized spacial score (nSPS) is 11.9. The van der Waals surface area contributed by atoms with Crippen LogP contribution >= 0.6 is 0 Å². The topological polar surface area (TPSA) is 64.3 Å². The van der Waals surface area contributed by atoms with Gasteiger partial charge in [-0.2, -0.15) is 5.26 Å². The third-order valence-electron chi connectivity index (χ3n) is 8.94. The Morgan fingerprint density at radius 1 is 0.667 bits per heavy atom. The minimum Gasteiger partial charge on any atom is -0.477 e. The molecule has 0 radical (unpaired) electrons. The number of nitrogens with zero attached hydrogens (tertiary/aromatic N) is 2. The summed E-state index contributed by atoms with van der Waals surface area (Å²) in [6, 6.07) is 46.8. The minimum absolute atomic E-state index is 0.290. The van der Waals surface area contributed by atoms with E-state index >= 15 is 0 Å². The first-order valence-electron chi connectivity index (χ1n) is 16.3. The van der Waals surface area contributed by atoms with E-state index in [1.54, 1.807) is 6.07 Å². The molecule has 0 heterocycles. The van der Waals surface area contributed by atoms with Gasteiger partial charge >= 0.3 is 5.97 Å². The second-order valence-corrected chi connectivity index (χ2v) is 12.1. The molecule has 7 rings (SSSR count). The third-order valence-corrected chi connectivity index (χ3v) is 8.94. The van der Waals surface area contributed by atoms with Crippen molar-refractivity contribution in [2.45, 2.75) is 26.2 Å². The van der Waals surface area contributed by atoms with E-state index in [2.05, 4.69) is 121 Å². The second kappa shape index (κ2) is 13.3. The summed E-state index contributed by atoms with van der Waals surface area (Å²) in [6.45, 7) is 2.23. The molecule has 7 aromatic rings. The maximum atomic E-state index is 11.2. The summed E-state index contributed by atoms with van der Waals surface area (Å²) >= 11 is 0. The fourth-order valence-corrected chi connectivity index (χ4v) is 6.44. The molecular weight excluding hydrogens is 588 g/mol. The number of hydrogen-bond donors (Lipinski definition) is 1. The molecule has 4 nitrogen and oxygen atoms in total. The molecule has 0 unspecified atom stereocenters. The van der Waals surface area contributed by atoms with Gasteiger partial charge in [-0.05, 0) is 110 Å². The Bertz CT molecular complexity index is 2280. The number of rotatable bonds is 10. The number of hydrogen-bond acceptors (Lipinski definition) is 3. The highest BCUT2D eigenvalue weighted by Gasteiger charge is 2.16. The molecule has 0 saturated heterocycles. The Hall–Kier alpha value is -6.18. The van der Waals surface area contributed by atoms with E-state index in [-0.39, 0.29) is 5.57 Å². The molecule has 0 atom stereocenters. The van der Waals surface area contributed by atoms with Crippen LogP contribution in [0.3, 0.4) is 0 Å². The maximum Gasteiger partial charge on any atom is 0.346 e. The lowest BCUT2D eigenvalue weighted by molar-refractivity contribution is -0.132. The Kier molecular flexibility index (Phi) is 8.43. The average molecular weight is 623 g/mol. The Balaban J connectivity index is 1.23. The van der Waals surface area contributed by atoms with Crippen LogP contribution in [0.15, 0.2) is 133 Å². The van der Waals surface area contributed by atoms with Crippen LogP contribution < -0.4 is 4.90 Å². The van der Waals surface area contributed by atoms with Crippen molar-refractivity contribution in [1.82, 2.24) is 0 Å². The van der Waals surface area contributed by atoms with Gasteiger partial charge in [-0.15, -0.1) is 0 Å².